The molecule has 11 heteroatoms. The van der Waals surface area contributed by atoms with Gasteiger partial charge < -0.3 is 20.7 Å². The van der Waals surface area contributed by atoms with Crippen LogP contribution in [-0.2, 0) is 30.8 Å². The number of aryl methyl sites for hydroxylation is 3. The number of aromatic nitrogens is 4. The van der Waals surface area contributed by atoms with Gasteiger partial charge in [0.1, 0.15) is 19.2 Å². The van der Waals surface area contributed by atoms with Crippen molar-refractivity contribution in [2.45, 2.75) is 65.7 Å². The quantitative estimate of drug-likeness (QED) is 0.253. The van der Waals surface area contributed by atoms with Crippen molar-refractivity contribution in [1.29, 1.82) is 0 Å². The average molecular weight is 565 g/mol. The molecular formula is C31H36BN7O3. The van der Waals surface area contributed by atoms with E-state index in [0.717, 1.165) is 51.9 Å². The summed E-state index contributed by atoms with van der Waals surface area (Å²) >= 11 is 0. The van der Waals surface area contributed by atoms with Gasteiger partial charge in [-0.1, -0.05) is 42.2 Å². The molecule has 0 unspecified atom stereocenters. The molecule has 4 aromatic rings. The second-order valence-corrected chi connectivity index (χ2v) is 10.5. The van der Waals surface area contributed by atoms with Gasteiger partial charge in [0, 0.05) is 50.1 Å². The third-order valence-electron chi connectivity index (χ3n) is 7.61. The minimum Gasteiger partial charge on any atom is -0.381 e. The van der Waals surface area contributed by atoms with E-state index < -0.39 is 0 Å². The van der Waals surface area contributed by atoms with Gasteiger partial charge in [-0.25, -0.2) is 14.6 Å². The lowest BCUT2D eigenvalue weighted by atomic mass is 9.89. The molecular weight excluding hydrogens is 529 g/mol. The standard InChI is InChI=1S/C31H36BN7O3/c1-4-25-22(28(36-21-11-13-42-14-12-21)23-18-35-39(5-2)29(23)38-25)17-34-31(41)27-8-6-7-26(37-27)30(40)33-16-20-10-9-19(3)24(32)15-20/h6-10,15,18,21H,4-5,11-14,16-17H2,1-3H3,(H,33,40)(H,34,41)(H,36,38). The first kappa shape index (κ1) is 29.3. The fourth-order valence-corrected chi connectivity index (χ4v) is 5.12. The number of fused-ring (bicyclic) bond motifs is 1. The normalized spacial score (nSPS) is 13.7. The number of carbonyl (C=O) groups is 2. The molecule has 0 saturated carbocycles. The Kier molecular flexibility index (Phi) is 9.17. The number of rotatable bonds is 10. The van der Waals surface area contributed by atoms with Crippen LogP contribution in [0.1, 0.15) is 70.1 Å². The Labute approximate surface area is 247 Å². The summed E-state index contributed by atoms with van der Waals surface area (Å²) in [5, 5.41) is 15.1. The summed E-state index contributed by atoms with van der Waals surface area (Å²) in [6, 6.07) is 10.8. The molecule has 0 spiro atoms. The van der Waals surface area contributed by atoms with E-state index in [1.165, 1.54) is 0 Å². The van der Waals surface area contributed by atoms with Crippen molar-refractivity contribution < 1.29 is 14.3 Å². The highest BCUT2D eigenvalue weighted by molar-refractivity contribution is 6.33. The Morgan fingerprint density at radius 2 is 1.74 bits per heavy atom. The van der Waals surface area contributed by atoms with Crippen LogP contribution in [-0.4, -0.2) is 58.7 Å². The minimum atomic E-state index is -0.376. The molecule has 1 aliphatic heterocycles. The number of benzene rings is 1. The molecule has 10 nitrogen and oxygen atoms in total. The summed E-state index contributed by atoms with van der Waals surface area (Å²) in [5.41, 5.74) is 6.44. The van der Waals surface area contributed by atoms with Crippen molar-refractivity contribution in [3.05, 3.63) is 76.4 Å². The highest BCUT2D eigenvalue weighted by Crippen LogP contribution is 2.31. The van der Waals surface area contributed by atoms with Crippen molar-refractivity contribution in [3.8, 4) is 0 Å². The van der Waals surface area contributed by atoms with Gasteiger partial charge in [-0.2, -0.15) is 5.10 Å². The van der Waals surface area contributed by atoms with Gasteiger partial charge in [-0.3, -0.25) is 9.59 Å². The van der Waals surface area contributed by atoms with Gasteiger partial charge in [0.25, 0.3) is 11.8 Å². The van der Waals surface area contributed by atoms with E-state index in [1.807, 2.05) is 42.9 Å². The van der Waals surface area contributed by atoms with E-state index >= 15 is 0 Å². The van der Waals surface area contributed by atoms with E-state index in [4.69, 9.17) is 17.6 Å². The Hall–Kier alpha value is -4.25. The first-order chi connectivity index (χ1) is 20.4. The molecule has 1 fully saturated rings. The molecule has 216 valence electrons. The fourth-order valence-electron chi connectivity index (χ4n) is 5.12. The van der Waals surface area contributed by atoms with Crippen molar-refractivity contribution in [2.24, 2.45) is 0 Å². The molecule has 0 atom stereocenters. The molecule has 1 saturated heterocycles. The molecule has 42 heavy (non-hydrogen) atoms. The maximum absolute atomic E-state index is 13.3. The van der Waals surface area contributed by atoms with Gasteiger partial charge in [0.05, 0.1) is 17.3 Å². The SMILES string of the molecule is [B]c1cc(CNC(=O)c2cccc(C(=O)NCc3c(CC)nc4c(cnn4CC)c3NC3CCOCC3)n2)ccc1C. The predicted octanol–water partition coefficient (Wildman–Crippen LogP) is 2.96. The van der Waals surface area contributed by atoms with Crippen LogP contribution in [0.4, 0.5) is 5.69 Å². The monoisotopic (exact) mass is 565 g/mol. The number of amides is 2. The van der Waals surface area contributed by atoms with Crippen LogP contribution in [0.25, 0.3) is 11.0 Å². The van der Waals surface area contributed by atoms with E-state index in [9.17, 15) is 9.59 Å². The number of anilines is 1. The molecule has 3 N–H and O–H groups in total. The molecule has 1 aliphatic rings. The van der Waals surface area contributed by atoms with Crippen LogP contribution < -0.4 is 21.4 Å². The average Bonchev–Trinajstić information content (AvgIpc) is 3.44. The molecule has 0 aliphatic carbocycles. The summed E-state index contributed by atoms with van der Waals surface area (Å²) in [6.45, 7) is 8.71. The molecule has 5 rings (SSSR count). The smallest absolute Gasteiger partial charge is 0.270 e. The highest BCUT2D eigenvalue weighted by atomic mass is 16.5. The van der Waals surface area contributed by atoms with E-state index in [-0.39, 0.29) is 35.8 Å². The number of nitrogens with one attached hydrogen (secondary N) is 3. The summed E-state index contributed by atoms with van der Waals surface area (Å²) < 4.78 is 7.45. The van der Waals surface area contributed by atoms with Crippen molar-refractivity contribution in [3.63, 3.8) is 0 Å². The maximum Gasteiger partial charge on any atom is 0.270 e. The summed E-state index contributed by atoms with van der Waals surface area (Å²) in [7, 11) is 5.98. The fraction of sp³-hybridized carbons (Fsp3) is 0.387. The molecule has 3 aromatic heterocycles. The van der Waals surface area contributed by atoms with Crippen molar-refractivity contribution in [2.75, 3.05) is 18.5 Å². The van der Waals surface area contributed by atoms with Crippen LogP contribution in [0.3, 0.4) is 0 Å². The first-order valence-corrected chi connectivity index (χ1v) is 14.5. The topological polar surface area (TPSA) is 123 Å². The zero-order valence-corrected chi connectivity index (χ0v) is 24.4. The summed E-state index contributed by atoms with van der Waals surface area (Å²) in [6.07, 6.45) is 4.33. The number of pyridine rings is 2. The van der Waals surface area contributed by atoms with Gasteiger partial charge >= 0.3 is 0 Å². The van der Waals surface area contributed by atoms with Crippen molar-refractivity contribution >= 4 is 41.8 Å². The molecule has 2 radical (unpaired) electrons. The van der Waals surface area contributed by atoms with E-state index in [1.54, 1.807) is 18.2 Å². The van der Waals surface area contributed by atoms with Crippen LogP contribution in [0.15, 0.2) is 42.6 Å². The molecule has 1 aromatic carbocycles. The highest BCUT2D eigenvalue weighted by Gasteiger charge is 2.22. The van der Waals surface area contributed by atoms with Crippen LogP contribution in [0, 0.1) is 6.92 Å². The second kappa shape index (κ2) is 13.2. The maximum atomic E-state index is 13.3. The third-order valence-corrected chi connectivity index (χ3v) is 7.61. The summed E-state index contributed by atoms with van der Waals surface area (Å²) in [4.78, 5) is 35.4. The molecule has 2 amide bonds. The van der Waals surface area contributed by atoms with Crippen LogP contribution in [0.5, 0.6) is 0 Å². The largest absolute Gasteiger partial charge is 0.381 e. The van der Waals surface area contributed by atoms with Crippen molar-refractivity contribution in [1.82, 2.24) is 30.4 Å². The predicted molar refractivity (Wildman–Crippen MR) is 163 cm³/mol. The lowest BCUT2D eigenvalue weighted by Crippen LogP contribution is -2.30. The van der Waals surface area contributed by atoms with Gasteiger partial charge in [-0.15, -0.1) is 0 Å². The Morgan fingerprint density at radius 1 is 1.02 bits per heavy atom. The number of hydrogen-bond acceptors (Lipinski definition) is 7. The van der Waals surface area contributed by atoms with E-state index in [0.29, 0.717) is 38.2 Å². The van der Waals surface area contributed by atoms with E-state index in [2.05, 4.69) is 33.0 Å². The van der Waals surface area contributed by atoms with Crippen LogP contribution in [0.2, 0.25) is 0 Å². The van der Waals surface area contributed by atoms with Crippen LogP contribution >= 0.6 is 0 Å². The van der Waals surface area contributed by atoms with Gasteiger partial charge in [0.2, 0.25) is 0 Å². The zero-order valence-electron chi connectivity index (χ0n) is 24.4. The summed E-state index contributed by atoms with van der Waals surface area (Å²) in [5.74, 6) is -0.748. The number of ether oxygens (including phenoxy) is 1. The first-order valence-electron chi connectivity index (χ1n) is 14.5. The minimum absolute atomic E-state index is 0.159. The number of carbonyl (C=O) groups excluding carboxylic acids is 2. The lowest BCUT2D eigenvalue weighted by molar-refractivity contribution is 0.0904. The zero-order chi connectivity index (χ0) is 29.6. The number of hydrogen-bond donors (Lipinski definition) is 3. The Morgan fingerprint density at radius 3 is 2.40 bits per heavy atom. The third kappa shape index (κ3) is 6.46. The van der Waals surface area contributed by atoms with Gasteiger partial charge in [0.15, 0.2) is 5.65 Å². The van der Waals surface area contributed by atoms with Gasteiger partial charge in [-0.05, 0) is 50.8 Å². The molecule has 4 heterocycles. The lowest BCUT2D eigenvalue weighted by Gasteiger charge is -2.26. The number of nitrogens with zero attached hydrogens (tertiary/aromatic N) is 4. The Balaban J connectivity index is 1.33. The Bertz CT molecular complexity index is 1600. The molecule has 0 bridgehead atoms. The second-order valence-electron chi connectivity index (χ2n) is 10.5.